The van der Waals surface area contributed by atoms with E-state index < -0.39 is 0 Å². The molecule has 0 aromatic rings. The highest BCUT2D eigenvalue weighted by Crippen LogP contribution is 2.16. The van der Waals surface area contributed by atoms with E-state index in [0.29, 0.717) is 18.4 Å². The van der Waals surface area contributed by atoms with Crippen molar-refractivity contribution >= 4 is 6.03 Å². The maximum atomic E-state index is 11.1. The molecule has 1 aliphatic rings. The van der Waals surface area contributed by atoms with E-state index in [0.717, 1.165) is 19.6 Å². The monoisotopic (exact) mass is 199 g/mol. The summed E-state index contributed by atoms with van der Waals surface area (Å²) in [6, 6.07) is -0.0507. The highest BCUT2D eigenvalue weighted by atomic mass is 16.2. The normalized spacial score (nSPS) is 27.0. The van der Waals surface area contributed by atoms with Crippen LogP contribution in [-0.4, -0.2) is 32.2 Å². The number of hydrogen-bond donors (Lipinski definition) is 3. The quantitative estimate of drug-likeness (QED) is 0.622. The van der Waals surface area contributed by atoms with Crippen molar-refractivity contribution in [3.8, 4) is 0 Å². The van der Waals surface area contributed by atoms with Gasteiger partial charge < -0.3 is 16.0 Å². The fourth-order valence-corrected chi connectivity index (χ4v) is 1.77. The van der Waals surface area contributed by atoms with Crippen LogP contribution in [0.4, 0.5) is 4.79 Å². The SMILES string of the molecule is CCNC(=O)NCC1CNCCC1C. The van der Waals surface area contributed by atoms with Crippen LogP contribution in [0.1, 0.15) is 20.3 Å². The topological polar surface area (TPSA) is 53.2 Å². The number of nitrogens with one attached hydrogen (secondary N) is 3. The first-order chi connectivity index (χ1) is 6.74. The van der Waals surface area contributed by atoms with Gasteiger partial charge in [-0.15, -0.1) is 0 Å². The third kappa shape index (κ3) is 3.54. The molecule has 0 aromatic heterocycles. The molecule has 0 saturated carbocycles. The van der Waals surface area contributed by atoms with E-state index in [1.807, 2.05) is 6.92 Å². The first-order valence-electron chi connectivity index (χ1n) is 5.46. The van der Waals surface area contributed by atoms with Gasteiger partial charge in [0.15, 0.2) is 0 Å². The van der Waals surface area contributed by atoms with Crippen molar-refractivity contribution in [1.29, 1.82) is 0 Å². The summed E-state index contributed by atoms with van der Waals surface area (Å²) in [5, 5.41) is 8.97. The first kappa shape index (κ1) is 11.3. The van der Waals surface area contributed by atoms with Gasteiger partial charge in [0.2, 0.25) is 0 Å². The number of urea groups is 1. The number of piperidine rings is 1. The lowest BCUT2D eigenvalue weighted by atomic mass is 9.88. The molecule has 0 aliphatic carbocycles. The number of amides is 2. The Hall–Kier alpha value is -0.770. The van der Waals surface area contributed by atoms with E-state index in [2.05, 4.69) is 22.9 Å². The van der Waals surface area contributed by atoms with Gasteiger partial charge in [0, 0.05) is 13.1 Å². The molecular formula is C10H21N3O. The van der Waals surface area contributed by atoms with Gasteiger partial charge in [-0.25, -0.2) is 4.79 Å². The predicted octanol–water partition coefficient (Wildman–Crippen LogP) is 0.551. The Morgan fingerprint density at radius 3 is 2.93 bits per heavy atom. The highest BCUT2D eigenvalue weighted by Gasteiger charge is 2.20. The molecule has 0 radical (unpaired) electrons. The number of carbonyl (C=O) groups is 1. The minimum Gasteiger partial charge on any atom is -0.338 e. The van der Waals surface area contributed by atoms with Crippen LogP contribution in [0.2, 0.25) is 0 Å². The van der Waals surface area contributed by atoms with Crippen molar-refractivity contribution in [2.24, 2.45) is 11.8 Å². The molecule has 2 unspecified atom stereocenters. The number of carbonyl (C=O) groups excluding carboxylic acids is 1. The molecule has 14 heavy (non-hydrogen) atoms. The number of rotatable bonds is 3. The van der Waals surface area contributed by atoms with Crippen LogP contribution < -0.4 is 16.0 Å². The van der Waals surface area contributed by atoms with Gasteiger partial charge in [0.25, 0.3) is 0 Å². The van der Waals surface area contributed by atoms with Crippen LogP contribution >= 0.6 is 0 Å². The Bertz CT molecular complexity index is 184. The molecular weight excluding hydrogens is 178 g/mol. The zero-order valence-corrected chi connectivity index (χ0v) is 9.10. The molecule has 4 heteroatoms. The standard InChI is InChI=1S/C10H21N3O/c1-3-12-10(14)13-7-9-6-11-5-4-8(9)2/h8-9,11H,3-7H2,1-2H3,(H2,12,13,14). The molecule has 4 nitrogen and oxygen atoms in total. The summed E-state index contributed by atoms with van der Waals surface area (Å²) in [5.41, 5.74) is 0. The third-order valence-corrected chi connectivity index (χ3v) is 2.85. The Kier molecular flexibility index (Phi) is 4.73. The van der Waals surface area contributed by atoms with Crippen LogP contribution in [0, 0.1) is 11.8 Å². The first-order valence-corrected chi connectivity index (χ1v) is 5.46. The Labute approximate surface area is 85.8 Å². The van der Waals surface area contributed by atoms with Gasteiger partial charge in [-0.1, -0.05) is 6.92 Å². The second-order valence-electron chi connectivity index (χ2n) is 3.97. The van der Waals surface area contributed by atoms with Crippen molar-refractivity contribution in [2.75, 3.05) is 26.2 Å². The molecule has 1 saturated heterocycles. The molecule has 3 N–H and O–H groups in total. The lowest BCUT2D eigenvalue weighted by molar-refractivity contribution is 0.229. The van der Waals surface area contributed by atoms with Crippen molar-refractivity contribution in [3.05, 3.63) is 0 Å². The maximum Gasteiger partial charge on any atom is 0.314 e. The fraction of sp³-hybridized carbons (Fsp3) is 0.900. The van der Waals surface area contributed by atoms with Gasteiger partial charge in [0.05, 0.1) is 0 Å². The summed E-state index contributed by atoms with van der Waals surface area (Å²) >= 11 is 0. The van der Waals surface area contributed by atoms with Gasteiger partial charge in [-0.05, 0) is 38.3 Å². The maximum absolute atomic E-state index is 11.1. The zero-order valence-electron chi connectivity index (χ0n) is 9.10. The summed E-state index contributed by atoms with van der Waals surface area (Å²) in [6.45, 7) is 7.77. The van der Waals surface area contributed by atoms with Gasteiger partial charge >= 0.3 is 6.03 Å². The molecule has 1 fully saturated rings. The Balaban J connectivity index is 2.19. The summed E-state index contributed by atoms with van der Waals surface area (Å²) in [4.78, 5) is 11.1. The van der Waals surface area contributed by atoms with E-state index in [9.17, 15) is 4.79 Å². The van der Waals surface area contributed by atoms with Crippen LogP contribution in [0.5, 0.6) is 0 Å². The predicted molar refractivity (Wildman–Crippen MR) is 57.2 cm³/mol. The molecule has 0 spiro atoms. The average Bonchev–Trinajstić information content (AvgIpc) is 2.17. The fourth-order valence-electron chi connectivity index (χ4n) is 1.77. The van der Waals surface area contributed by atoms with E-state index in [1.165, 1.54) is 6.42 Å². The van der Waals surface area contributed by atoms with Gasteiger partial charge in [-0.2, -0.15) is 0 Å². The van der Waals surface area contributed by atoms with E-state index in [1.54, 1.807) is 0 Å². The van der Waals surface area contributed by atoms with E-state index in [-0.39, 0.29) is 6.03 Å². The van der Waals surface area contributed by atoms with Crippen LogP contribution in [0.15, 0.2) is 0 Å². The summed E-state index contributed by atoms with van der Waals surface area (Å²) < 4.78 is 0. The number of hydrogen-bond acceptors (Lipinski definition) is 2. The van der Waals surface area contributed by atoms with E-state index in [4.69, 9.17) is 0 Å². The largest absolute Gasteiger partial charge is 0.338 e. The smallest absolute Gasteiger partial charge is 0.314 e. The minimum absolute atomic E-state index is 0.0507. The average molecular weight is 199 g/mol. The molecule has 1 rings (SSSR count). The molecule has 1 aliphatic heterocycles. The lowest BCUT2D eigenvalue weighted by Crippen LogP contribution is -2.44. The van der Waals surface area contributed by atoms with Gasteiger partial charge in [-0.3, -0.25) is 0 Å². The second kappa shape index (κ2) is 5.86. The molecule has 0 aromatic carbocycles. The molecule has 2 atom stereocenters. The third-order valence-electron chi connectivity index (χ3n) is 2.85. The van der Waals surface area contributed by atoms with E-state index >= 15 is 0 Å². The van der Waals surface area contributed by atoms with Crippen molar-refractivity contribution in [2.45, 2.75) is 20.3 Å². The summed E-state index contributed by atoms with van der Waals surface area (Å²) in [7, 11) is 0. The molecule has 82 valence electrons. The molecule has 2 amide bonds. The summed E-state index contributed by atoms with van der Waals surface area (Å²) in [5.74, 6) is 1.28. The van der Waals surface area contributed by atoms with Gasteiger partial charge in [0.1, 0.15) is 0 Å². The highest BCUT2D eigenvalue weighted by molar-refractivity contribution is 5.73. The molecule has 0 bridgehead atoms. The van der Waals surface area contributed by atoms with Crippen LogP contribution in [-0.2, 0) is 0 Å². The Morgan fingerprint density at radius 2 is 2.29 bits per heavy atom. The van der Waals surface area contributed by atoms with Crippen LogP contribution in [0.3, 0.4) is 0 Å². The minimum atomic E-state index is -0.0507. The second-order valence-corrected chi connectivity index (χ2v) is 3.97. The zero-order chi connectivity index (χ0) is 10.4. The summed E-state index contributed by atoms with van der Waals surface area (Å²) in [6.07, 6.45) is 1.21. The Morgan fingerprint density at radius 1 is 1.50 bits per heavy atom. The lowest BCUT2D eigenvalue weighted by Gasteiger charge is -2.29. The molecule has 1 heterocycles. The van der Waals surface area contributed by atoms with Crippen molar-refractivity contribution in [1.82, 2.24) is 16.0 Å². The van der Waals surface area contributed by atoms with Crippen molar-refractivity contribution < 1.29 is 4.79 Å². The van der Waals surface area contributed by atoms with Crippen LogP contribution in [0.25, 0.3) is 0 Å². The van der Waals surface area contributed by atoms with Crippen molar-refractivity contribution in [3.63, 3.8) is 0 Å².